The van der Waals surface area contributed by atoms with Gasteiger partial charge in [-0.25, -0.2) is 4.98 Å². The first kappa shape index (κ1) is 20.6. The summed E-state index contributed by atoms with van der Waals surface area (Å²) in [5, 5.41) is 0.597. The molecular weight excluding hydrogens is 391 g/mol. The number of aromatic nitrogens is 1. The van der Waals surface area contributed by atoms with Crippen molar-refractivity contribution in [2.75, 3.05) is 26.2 Å². The van der Waals surface area contributed by atoms with Crippen LogP contribution in [-0.4, -0.2) is 59.3 Å². The highest BCUT2D eigenvalue weighted by Crippen LogP contribution is 2.31. The van der Waals surface area contributed by atoms with Gasteiger partial charge in [-0.15, -0.1) is 24.5 Å². The third kappa shape index (κ3) is 4.82. The molecule has 0 radical (unpaired) electrons. The number of carbonyl (C=O) groups excluding carboxylic acids is 1. The predicted octanol–water partition coefficient (Wildman–Crippen LogP) is 4.18. The van der Waals surface area contributed by atoms with Crippen molar-refractivity contribution in [3.63, 3.8) is 0 Å². The van der Waals surface area contributed by atoms with Gasteiger partial charge >= 0.3 is 6.36 Å². The van der Waals surface area contributed by atoms with Gasteiger partial charge in [0.1, 0.15) is 15.6 Å². The third-order valence-corrected chi connectivity index (χ3v) is 5.85. The second-order valence-corrected chi connectivity index (χ2v) is 7.93. The van der Waals surface area contributed by atoms with E-state index in [1.54, 1.807) is 6.92 Å². The van der Waals surface area contributed by atoms with Gasteiger partial charge in [0.2, 0.25) is 0 Å². The normalized spacial score (nSPS) is 15.9. The smallest absolute Gasteiger partial charge is 0.406 e. The van der Waals surface area contributed by atoms with E-state index in [1.807, 2.05) is 4.90 Å². The Labute approximate surface area is 165 Å². The van der Waals surface area contributed by atoms with Gasteiger partial charge in [0.05, 0.1) is 5.69 Å². The number of benzene rings is 1. The second kappa shape index (κ2) is 8.08. The standard InChI is InChI=1S/C19H22F3N3O2S/c1-12(2)24-8-10-25(11-9-24)18(26)16-13(3)23-17(28-16)14-4-6-15(7-5-14)27-19(20,21)22/h4-7,12H,8-11H2,1-3H3. The molecule has 5 nitrogen and oxygen atoms in total. The van der Waals surface area contributed by atoms with Crippen molar-refractivity contribution in [3.05, 3.63) is 34.8 Å². The molecule has 0 unspecified atom stereocenters. The Morgan fingerprint density at radius 1 is 1.14 bits per heavy atom. The second-order valence-electron chi connectivity index (χ2n) is 6.93. The molecule has 1 amide bonds. The number of thiazole rings is 1. The van der Waals surface area contributed by atoms with Crippen molar-refractivity contribution in [2.24, 2.45) is 0 Å². The first-order valence-corrected chi connectivity index (χ1v) is 9.82. The molecule has 28 heavy (non-hydrogen) atoms. The zero-order valence-electron chi connectivity index (χ0n) is 15.9. The van der Waals surface area contributed by atoms with Gasteiger partial charge in [0, 0.05) is 37.8 Å². The quantitative estimate of drug-likeness (QED) is 0.754. The number of halogens is 3. The summed E-state index contributed by atoms with van der Waals surface area (Å²) in [6.07, 6.45) is -4.72. The minimum atomic E-state index is -4.72. The molecule has 2 aromatic rings. The van der Waals surface area contributed by atoms with Crippen LogP contribution < -0.4 is 4.74 Å². The van der Waals surface area contributed by atoms with Crippen LogP contribution in [0, 0.1) is 6.92 Å². The monoisotopic (exact) mass is 413 g/mol. The molecule has 0 saturated carbocycles. The summed E-state index contributed by atoms with van der Waals surface area (Å²) in [7, 11) is 0. The highest BCUT2D eigenvalue weighted by atomic mass is 32.1. The predicted molar refractivity (Wildman–Crippen MR) is 102 cm³/mol. The lowest BCUT2D eigenvalue weighted by atomic mass is 10.2. The van der Waals surface area contributed by atoms with Gasteiger partial charge in [-0.05, 0) is 45.0 Å². The van der Waals surface area contributed by atoms with Crippen molar-refractivity contribution in [2.45, 2.75) is 33.2 Å². The van der Waals surface area contributed by atoms with Crippen LogP contribution in [0.4, 0.5) is 13.2 Å². The van der Waals surface area contributed by atoms with Crippen LogP contribution in [0.25, 0.3) is 10.6 Å². The Kier molecular flexibility index (Phi) is 5.95. The Hall–Kier alpha value is -2.13. The first-order chi connectivity index (χ1) is 13.1. The molecule has 0 N–H and O–H groups in total. The third-order valence-electron chi connectivity index (χ3n) is 4.66. The number of hydrogen-bond acceptors (Lipinski definition) is 5. The topological polar surface area (TPSA) is 45.7 Å². The molecule has 9 heteroatoms. The molecule has 0 aliphatic carbocycles. The Morgan fingerprint density at radius 2 is 1.75 bits per heavy atom. The molecule has 1 aliphatic rings. The summed E-state index contributed by atoms with van der Waals surface area (Å²) < 4.78 is 40.7. The van der Waals surface area contributed by atoms with Crippen molar-refractivity contribution in [1.29, 1.82) is 0 Å². The number of hydrogen-bond donors (Lipinski definition) is 0. The molecule has 0 atom stereocenters. The number of nitrogens with zero attached hydrogens (tertiary/aromatic N) is 3. The van der Waals surface area contributed by atoms with E-state index in [2.05, 4.69) is 28.5 Å². The lowest BCUT2D eigenvalue weighted by Gasteiger charge is -2.36. The number of rotatable bonds is 4. The summed E-state index contributed by atoms with van der Waals surface area (Å²) in [5.74, 6) is -0.328. The SMILES string of the molecule is Cc1nc(-c2ccc(OC(F)(F)F)cc2)sc1C(=O)N1CCN(C(C)C)CC1. The number of alkyl halides is 3. The summed E-state index contributed by atoms with van der Waals surface area (Å²) in [5.41, 5.74) is 1.28. The van der Waals surface area contributed by atoms with Crippen LogP contribution in [0.5, 0.6) is 5.75 Å². The fourth-order valence-electron chi connectivity index (χ4n) is 3.10. The number of carbonyl (C=O) groups is 1. The Bertz CT molecular complexity index is 826. The zero-order chi connectivity index (χ0) is 20.5. The molecule has 0 bridgehead atoms. The minimum Gasteiger partial charge on any atom is -0.406 e. The summed E-state index contributed by atoms with van der Waals surface area (Å²) in [6.45, 7) is 9.09. The number of ether oxygens (including phenoxy) is 1. The summed E-state index contributed by atoms with van der Waals surface area (Å²) >= 11 is 1.26. The maximum absolute atomic E-state index is 12.9. The van der Waals surface area contributed by atoms with Crippen LogP contribution in [0.3, 0.4) is 0 Å². The molecule has 2 heterocycles. The van der Waals surface area contributed by atoms with E-state index in [0.29, 0.717) is 40.3 Å². The molecule has 1 saturated heterocycles. The van der Waals surface area contributed by atoms with Crippen molar-refractivity contribution < 1.29 is 22.7 Å². The Balaban J connectivity index is 1.72. The fourth-order valence-corrected chi connectivity index (χ4v) is 4.14. The van der Waals surface area contributed by atoms with Gasteiger partial charge < -0.3 is 9.64 Å². The van der Waals surface area contributed by atoms with E-state index in [0.717, 1.165) is 13.1 Å². The van der Waals surface area contributed by atoms with Crippen LogP contribution in [-0.2, 0) is 0 Å². The summed E-state index contributed by atoms with van der Waals surface area (Å²) in [6, 6.07) is 5.96. The van der Waals surface area contributed by atoms with E-state index >= 15 is 0 Å². The average Bonchev–Trinajstić information content (AvgIpc) is 3.02. The highest BCUT2D eigenvalue weighted by Gasteiger charge is 2.31. The van der Waals surface area contributed by atoms with Crippen LogP contribution >= 0.6 is 11.3 Å². The van der Waals surface area contributed by atoms with Crippen LogP contribution in [0.1, 0.15) is 29.2 Å². The largest absolute Gasteiger partial charge is 0.573 e. The highest BCUT2D eigenvalue weighted by molar-refractivity contribution is 7.17. The summed E-state index contributed by atoms with van der Waals surface area (Å²) in [4.78, 5) is 22.1. The maximum Gasteiger partial charge on any atom is 0.573 e. The van der Waals surface area contributed by atoms with E-state index < -0.39 is 6.36 Å². The van der Waals surface area contributed by atoms with E-state index in [4.69, 9.17) is 0 Å². The Morgan fingerprint density at radius 3 is 2.29 bits per heavy atom. The van der Waals surface area contributed by atoms with Crippen LogP contribution in [0.15, 0.2) is 24.3 Å². The maximum atomic E-state index is 12.9. The lowest BCUT2D eigenvalue weighted by molar-refractivity contribution is -0.274. The molecule has 152 valence electrons. The van der Waals surface area contributed by atoms with Gasteiger partial charge in [-0.1, -0.05) is 0 Å². The molecule has 1 fully saturated rings. The van der Waals surface area contributed by atoms with E-state index in [9.17, 15) is 18.0 Å². The van der Waals surface area contributed by atoms with Gasteiger partial charge in [0.25, 0.3) is 5.91 Å². The first-order valence-electron chi connectivity index (χ1n) is 9.01. The minimum absolute atomic E-state index is 0.0401. The molecule has 0 spiro atoms. The van der Waals surface area contributed by atoms with E-state index in [1.165, 1.54) is 35.6 Å². The van der Waals surface area contributed by atoms with Crippen molar-refractivity contribution >= 4 is 17.2 Å². The molecule has 1 aliphatic heterocycles. The van der Waals surface area contributed by atoms with Crippen LogP contribution in [0.2, 0.25) is 0 Å². The van der Waals surface area contributed by atoms with Gasteiger partial charge in [-0.2, -0.15) is 0 Å². The van der Waals surface area contributed by atoms with Gasteiger partial charge in [0.15, 0.2) is 0 Å². The van der Waals surface area contributed by atoms with Crippen molar-refractivity contribution in [3.8, 4) is 16.3 Å². The fraction of sp³-hybridized carbons (Fsp3) is 0.474. The molecule has 1 aromatic carbocycles. The van der Waals surface area contributed by atoms with E-state index in [-0.39, 0.29) is 11.7 Å². The number of aryl methyl sites for hydroxylation is 1. The molecule has 1 aromatic heterocycles. The molecule has 3 rings (SSSR count). The number of piperazine rings is 1. The average molecular weight is 413 g/mol. The van der Waals surface area contributed by atoms with Gasteiger partial charge in [-0.3, -0.25) is 9.69 Å². The zero-order valence-corrected chi connectivity index (χ0v) is 16.7. The number of amides is 1. The lowest BCUT2D eigenvalue weighted by Crippen LogP contribution is -2.50. The van der Waals surface area contributed by atoms with Crippen molar-refractivity contribution in [1.82, 2.24) is 14.8 Å². The molecular formula is C19H22F3N3O2S.